The van der Waals surface area contributed by atoms with E-state index in [9.17, 15) is 10.5 Å². The molecule has 0 aromatic rings. The summed E-state index contributed by atoms with van der Waals surface area (Å²) in [5, 5.41) is 0. The van der Waals surface area contributed by atoms with E-state index in [0.29, 0.717) is 29.3 Å². The van der Waals surface area contributed by atoms with Gasteiger partial charge in [-0.3, -0.25) is 0 Å². The Hall–Kier alpha value is 0.576. The quantitative estimate of drug-likeness (QED) is 0.531. The van der Waals surface area contributed by atoms with E-state index in [4.69, 9.17) is 0 Å². The van der Waals surface area contributed by atoms with Crippen molar-refractivity contribution in [1.82, 2.24) is 9.78 Å². The first kappa shape index (κ1) is 17.6. The number of hydrogen-bond acceptors (Lipinski definition) is 3. The molecule has 1 aliphatic rings. The molecule has 0 radical (unpaired) electrons. The van der Waals surface area contributed by atoms with Crippen molar-refractivity contribution in [2.75, 3.05) is 19.6 Å². The Labute approximate surface area is 116 Å². The summed E-state index contributed by atoms with van der Waals surface area (Å²) in [5.41, 5.74) is 0. The normalized spacial score (nSPS) is 18.2. The van der Waals surface area contributed by atoms with E-state index in [-0.39, 0.29) is 0 Å². The van der Waals surface area contributed by atoms with Crippen LogP contribution in [0.5, 0.6) is 0 Å². The molecule has 1 rings (SSSR count). The summed E-state index contributed by atoms with van der Waals surface area (Å²) in [4.78, 5) is 0. The van der Waals surface area contributed by atoms with Gasteiger partial charge in [-0.2, -0.15) is 0 Å². The molecule has 3 nitrogen and oxygen atoms in total. The molecule has 0 spiro atoms. The third-order valence-corrected chi connectivity index (χ3v) is 42.9. The Morgan fingerprint density at radius 2 is 1.53 bits per heavy atom. The molecule has 0 aromatic carbocycles. The van der Waals surface area contributed by atoms with Gasteiger partial charge in [-0.05, 0) is 0 Å². The van der Waals surface area contributed by atoms with Gasteiger partial charge in [0.1, 0.15) is 0 Å². The maximum atomic E-state index is 14.3. The van der Waals surface area contributed by atoms with Crippen LogP contribution in [0.3, 0.4) is 0 Å². The van der Waals surface area contributed by atoms with Crippen molar-refractivity contribution in [3.05, 3.63) is 21.5 Å². The van der Waals surface area contributed by atoms with Crippen LogP contribution in [-0.4, -0.2) is 30.5 Å². The molecule has 0 saturated carbocycles. The molecule has 0 aliphatic heterocycles. The molecule has 3 N–H and O–H groups in total. The molecule has 0 atom stereocenters. The van der Waals surface area contributed by atoms with E-state index in [1.54, 1.807) is 32.9 Å². The number of nitrogens with one attached hydrogen (secondary N) is 3. The maximum absolute atomic E-state index is 14.3. The molecule has 111 valence electrons. The van der Waals surface area contributed by atoms with Gasteiger partial charge >= 0.3 is 117 Å². The van der Waals surface area contributed by atoms with Gasteiger partial charge in [-0.25, -0.2) is 0 Å². The summed E-state index contributed by atoms with van der Waals surface area (Å²) in [7, 11) is -6.52. The number of hydrogen-bond donors (Lipinski definition) is 3. The summed E-state index contributed by atoms with van der Waals surface area (Å²) < 4.78 is 52.1. The fraction of sp³-hybridized carbons (Fsp3) is 0.636. The van der Waals surface area contributed by atoms with E-state index in [2.05, 4.69) is 9.78 Å². The zero-order chi connectivity index (χ0) is 14.6. The van der Waals surface area contributed by atoms with Gasteiger partial charge in [-0.15, -0.1) is 0 Å². The molecule has 0 aromatic heterocycles. The first-order valence-corrected chi connectivity index (χ1v) is 21.4. The molecule has 0 amide bonds. The van der Waals surface area contributed by atoms with Gasteiger partial charge in [0.05, 0.1) is 0 Å². The van der Waals surface area contributed by atoms with Crippen molar-refractivity contribution in [1.29, 1.82) is 0 Å². The molecule has 0 heterocycles. The summed E-state index contributed by atoms with van der Waals surface area (Å²) in [6.07, 6.45) is 5.62. The van der Waals surface area contributed by atoms with Crippen LogP contribution in [0.2, 0.25) is 0 Å². The minimum absolute atomic E-state index is 0.327. The van der Waals surface area contributed by atoms with Crippen molar-refractivity contribution >= 4 is 10.9 Å². The van der Waals surface area contributed by atoms with Crippen LogP contribution >= 0.6 is 0 Å². The molecule has 1 aliphatic carbocycles. The number of allylic oxidation sites excluding steroid dienone is 4. The predicted molar refractivity (Wildman–Crippen MR) is 71.9 cm³/mol. The molecule has 19 heavy (non-hydrogen) atoms. The van der Waals surface area contributed by atoms with Crippen LogP contribution in [0.15, 0.2) is 21.5 Å². The predicted octanol–water partition coefficient (Wildman–Crippen LogP) is 2.44. The van der Waals surface area contributed by atoms with Crippen molar-refractivity contribution in [3.63, 3.8) is 0 Å². The summed E-state index contributed by atoms with van der Waals surface area (Å²) in [6, 6.07) is 0. The second-order valence-electron chi connectivity index (χ2n) is 4.66. The van der Waals surface area contributed by atoms with Gasteiger partial charge in [0.2, 0.25) is 0 Å². The SMILES string of the molecule is CC[NH][Zr]([NH]CC)([NH]CC)([C]1=CC=CC1)[Ge]([F])([F])[F]. The molecule has 0 unspecified atom stereocenters. The van der Waals surface area contributed by atoms with Gasteiger partial charge in [-0.1, -0.05) is 0 Å². The van der Waals surface area contributed by atoms with Crippen molar-refractivity contribution in [2.24, 2.45) is 0 Å². The van der Waals surface area contributed by atoms with Gasteiger partial charge in [0.25, 0.3) is 0 Å². The standard InChI is InChI=1S/C5H5.3C2H6N.F3Ge.Zr/c1-2-4-5-3-1;3*1-2-3;1-4(2)3;/h1-3H,4H2;3*3H,2H2,1H3;;/q;3*-1;;+3. The van der Waals surface area contributed by atoms with Crippen molar-refractivity contribution in [3.8, 4) is 0 Å². The number of rotatable bonds is 8. The Morgan fingerprint density at radius 1 is 1.05 bits per heavy atom. The Morgan fingerprint density at radius 3 is 1.79 bits per heavy atom. The first-order valence-electron chi connectivity index (χ1n) is 6.72. The van der Waals surface area contributed by atoms with Crippen LogP contribution in [-0.2, 0) is 17.1 Å². The van der Waals surface area contributed by atoms with Crippen LogP contribution in [0.25, 0.3) is 0 Å². The molecule has 8 heteroatoms. The second kappa shape index (κ2) is 6.56. The second-order valence-corrected chi connectivity index (χ2v) is 36.7. The first-order chi connectivity index (χ1) is 8.87. The molecular formula is C11H23F3GeN3Zr. The summed E-state index contributed by atoms with van der Waals surface area (Å²) >= 11 is -5.47. The van der Waals surface area contributed by atoms with Crippen molar-refractivity contribution in [2.45, 2.75) is 27.2 Å². The third kappa shape index (κ3) is 2.82. The molecule has 0 saturated heterocycles. The van der Waals surface area contributed by atoms with E-state index in [1.807, 2.05) is 6.08 Å². The van der Waals surface area contributed by atoms with Crippen LogP contribution < -0.4 is 9.78 Å². The fourth-order valence-electron chi connectivity index (χ4n) is 2.89. The third-order valence-electron chi connectivity index (χ3n) is 3.57. The summed E-state index contributed by atoms with van der Waals surface area (Å²) in [6.45, 7) is 6.23. The van der Waals surface area contributed by atoms with E-state index < -0.39 is 28.0 Å². The monoisotopic (exact) mass is 418 g/mol. The van der Waals surface area contributed by atoms with Crippen LogP contribution in [0.4, 0.5) is 10.5 Å². The molecular weight excluding hydrogens is 395 g/mol. The van der Waals surface area contributed by atoms with E-state index in [0.717, 1.165) is 0 Å². The molecule has 0 fully saturated rings. The van der Waals surface area contributed by atoms with E-state index in [1.165, 1.54) is 0 Å². The van der Waals surface area contributed by atoms with Gasteiger partial charge < -0.3 is 0 Å². The van der Waals surface area contributed by atoms with Gasteiger partial charge in [0, 0.05) is 0 Å². The Kier molecular flexibility index (Phi) is 6.09. The Balaban J connectivity index is 3.47. The van der Waals surface area contributed by atoms with E-state index >= 15 is 0 Å². The van der Waals surface area contributed by atoms with Gasteiger partial charge in [0.15, 0.2) is 0 Å². The zero-order valence-electron chi connectivity index (χ0n) is 11.7. The molecule has 0 bridgehead atoms. The number of halogens is 3. The topological polar surface area (TPSA) is 36.1 Å². The summed E-state index contributed by atoms with van der Waals surface area (Å²) in [5.74, 6) is 0. The zero-order valence-corrected chi connectivity index (χ0v) is 16.3. The Bertz CT molecular complexity index is 362. The van der Waals surface area contributed by atoms with Crippen molar-refractivity contribution < 1.29 is 27.6 Å². The van der Waals surface area contributed by atoms with Crippen LogP contribution in [0.1, 0.15) is 27.2 Å². The fourth-order valence-corrected chi connectivity index (χ4v) is 36.3. The van der Waals surface area contributed by atoms with Crippen LogP contribution in [0, 0.1) is 0 Å². The average molecular weight is 418 g/mol. The minimum atomic E-state index is -6.52. The average Bonchev–Trinajstić information content (AvgIpc) is 2.82.